The lowest BCUT2D eigenvalue weighted by molar-refractivity contribution is 0.0579. The standard InChI is InChI=1S/C21H23N5O/c1-16(19-9-5-6-10-22-19)25-11-13-26(14-12-25)21(27)18-15-23-24-20(18)17-7-3-2-4-8-17/h2-10,15-16H,11-14H2,1H3,(H,23,24). The van der Waals surface area contributed by atoms with Gasteiger partial charge in [0, 0.05) is 44.0 Å². The van der Waals surface area contributed by atoms with Crippen molar-refractivity contribution < 1.29 is 4.79 Å². The van der Waals surface area contributed by atoms with Gasteiger partial charge in [-0.3, -0.25) is 19.8 Å². The Hall–Kier alpha value is -2.99. The normalized spacial score (nSPS) is 16.3. The minimum absolute atomic E-state index is 0.0349. The van der Waals surface area contributed by atoms with Gasteiger partial charge < -0.3 is 4.90 Å². The van der Waals surface area contributed by atoms with Crippen LogP contribution in [-0.2, 0) is 0 Å². The molecule has 1 aliphatic rings. The summed E-state index contributed by atoms with van der Waals surface area (Å²) in [7, 11) is 0. The molecule has 4 rings (SSSR count). The highest BCUT2D eigenvalue weighted by Gasteiger charge is 2.27. The van der Waals surface area contributed by atoms with E-state index >= 15 is 0 Å². The van der Waals surface area contributed by atoms with Crippen LogP contribution < -0.4 is 0 Å². The second-order valence-corrected chi connectivity index (χ2v) is 6.78. The number of aromatic amines is 1. The number of carbonyl (C=O) groups excluding carboxylic acids is 1. The van der Waals surface area contributed by atoms with Crippen molar-refractivity contribution in [3.8, 4) is 11.3 Å². The van der Waals surface area contributed by atoms with Gasteiger partial charge in [-0.25, -0.2) is 0 Å². The van der Waals surface area contributed by atoms with Crippen LogP contribution in [0.2, 0.25) is 0 Å². The van der Waals surface area contributed by atoms with Crippen molar-refractivity contribution in [2.24, 2.45) is 0 Å². The minimum atomic E-state index is 0.0349. The number of H-pyrrole nitrogens is 1. The summed E-state index contributed by atoms with van der Waals surface area (Å²) in [6.45, 7) is 5.25. The van der Waals surface area contributed by atoms with Gasteiger partial charge in [0.1, 0.15) is 0 Å². The first-order valence-electron chi connectivity index (χ1n) is 9.27. The van der Waals surface area contributed by atoms with E-state index in [-0.39, 0.29) is 11.9 Å². The molecule has 2 aromatic heterocycles. The van der Waals surface area contributed by atoms with E-state index in [1.165, 1.54) is 0 Å². The van der Waals surface area contributed by atoms with Crippen molar-refractivity contribution in [3.05, 3.63) is 72.2 Å². The molecule has 1 aliphatic heterocycles. The summed E-state index contributed by atoms with van der Waals surface area (Å²) in [4.78, 5) is 21.8. The lowest BCUT2D eigenvalue weighted by Gasteiger charge is -2.37. The molecular formula is C21H23N5O. The molecule has 3 aromatic rings. The van der Waals surface area contributed by atoms with Gasteiger partial charge in [-0.15, -0.1) is 0 Å². The fraction of sp³-hybridized carbons (Fsp3) is 0.286. The quantitative estimate of drug-likeness (QED) is 0.776. The number of hydrogen-bond acceptors (Lipinski definition) is 4. The number of amides is 1. The predicted molar refractivity (Wildman–Crippen MR) is 104 cm³/mol. The third-order valence-corrected chi connectivity index (χ3v) is 5.20. The molecule has 3 heterocycles. The van der Waals surface area contributed by atoms with Gasteiger partial charge in [-0.2, -0.15) is 5.10 Å². The van der Waals surface area contributed by atoms with E-state index in [9.17, 15) is 4.79 Å². The van der Waals surface area contributed by atoms with Crippen molar-refractivity contribution in [3.63, 3.8) is 0 Å². The van der Waals surface area contributed by atoms with Crippen molar-refractivity contribution in [2.75, 3.05) is 26.2 Å². The maximum absolute atomic E-state index is 13.0. The van der Waals surface area contributed by atoms with Crippen LogP contribution in [0, 0.1) is 0 Å². The molecule has 27 heavy (non-hydrogen) atoms. The summed E-state index contributed by atoms with van der Waals surface area (Å²) < 4.78 is 0. The first-order valence-corrected chi connectivity index (χ1v) is 9.27. The van der Waals surface area contributed by atoms with Gasteiger partial charge in [0.05, 0.1) is 23.1 Å². The monoisotopic (exact) mass is 361 g/mol. The fourth-order valence-corrected chi connectivity index (χ4v) is 3.57. The molecule has 1 saturated heterocycles. The number of rotatable bonds is 4. The van der Waals surface area contributed by atoms with Gasteiger partial charge >= 0.3 is 0 Å². The lowest BCUT2D eigenvalue weighted by atomic mass is 10.1. The van der Waals surface area contributed by atoms with Crippen LogP contribution in [0.5, 0.6) is 0 Å². The van der Waals surface area contributed by atoms with E-state index < -0.39 is 0 Å². The molecule has 0 spiro atoms. The van der Waals surface area contributed by atoms with Crippen molar-refractivity contribution in [2.45, 2.75) is 13.0 Å². The predicted octanol–water partition coefficient (Wildman–Crippen LogP) is 2.99. The number of aromatic nitrogens is 3. The first-order chi connectivity index (χ1) is 13.2. The Bertz CT molecular complexity index is 885. The molecule has 138 valence electrons. The van der Waals surface area contributed by atoms with Crippen LogP contribution in [0.25, 0.3) is 11.3 Å². The summed E-state index contributed by atoms with van der Waals surface area (Å²) in [5, 5.41) is 7.08. The molecule has 1 N–H and O–H groups in total. The molecule has 1 atom stereocenters. The van der Waals surface area contributed by atoms with Crippen LogP contribution in [-0.4, -0.2) is 57.1 Å². The van der Waals surface area contributed by atoms with Gasteiger partial charge in [-0.05, 0) is 19.1 Å². The molecule has 6 nitrogen and oxygen atoms in total. The van der Waals surface area contributed by atoms with E-state index in [4.69, 9.17) is 0 Å². The third-order valence-electron chi connectivity index (χ3n) is 5.20. The van der Waals surface area contributed by atoms with E-state index in [1.54, 1.807) is 6.20 Å². The number of carbonyl (C=O) groups is 1. The van der Waals surface area contributed by atoms with Crippen LogP contribution in [0.3, 0.4) is 0 Å². The largest absolute Gasteiger partial charge is 0.336 e. The molecule has 1 unspecified atom stereocenters. The second kappa shape index (κ2) is 7.72. The van der Waals surface area contributed by atoms with E-state index in [0.717, 1.165) is 30.0 Å². The molecule has 0 aliphatic carbocycles. The Morgan fingerprint density at radius 1 is 1.04 bits per heavy atom. The first kappa shape index (κ1) is 17.4. The summed E-state index contributed by atoms with van der Waals surface area (Å²) >= 11 is 0. The minimum Gasteiger partial charge on any atom is -0.336 e. The second-order valence-electron chi connectivity index (χ2n) is 6.78. The van der Waals surface area contributed by atoms with Crippen LogP contribution in [0.1, 0.15) is 29.0 Å². The zero-order valence-electron chi connectivity index (χ0n) is 15.4. The average Bonchev–Trinajstić information content (AvgIpc) is 3.24. The van der Waals surface area contributed by atoms with Gasteiger partial charge in [-0.1, -0.05) is 36.4 Å². The molecular weight excluding hydrogens is 338 g/mol. The van der Waals surface area contributed by atoms with Crippen LogP contribution in [0.15, 0.2) is 60.9 Å². The van der Waals surface area contributed by atoms with Crippen molar-refractivity contribution in [1.82, 2.24) is 25.0 Å². The summed E-state index contributed by atoms with van der Waals surface area (Å²) in [6.07, 6.45) is 3.46. The Balaban J connectivity index is 1.43. The van der Waals surface area contributed by atoms with Crippen molar-refractivity contribution in [1.29, 1.82) is 0 Å². The Kier molecular flexibility index (Phi) is 4.98. The maximum Gasteiger partial charge on any atom is 0.257 e. The Labute approximate surface area is 158 Å². The number of pyridine rings is 1. The fourth-order valence-electron chi connectivity index (χ4n) is 3.57. The van der Waals surface area contributed by atoms with Crippen molar-refractivity contribution >= 4 is 5.91 Å². The highest BCUT2D eigenvalue weighted by atomic mass is 16.2. The third kappa shape index (κ3) is 3.61. The van der Waals surface area contributed by atoms with Crippen LogP contribution in [0.4, 0.5) is 0 Å². The molecule has 0 radical (unpaired) electrons. The summed E-state index contributed by atoms with van der Waals surface area (Å²) in [5.74, 6) is 0.0349. The van der Waals surface area contributed by atoms with Gasteiger partial charge in [0.25, 0.3) is 5.91 Å². The lowest BCUT2D eigenvalue weighted by Crippen LogP contribution is -2.49. The molecule has 1 fully saturated rings. The van der Waals surface area contributed by atoms with Crippen LogP contribution >= 0.6 is 0 Å². The zero-order valence-corrected chi connectivity index (χ0v) is 15.4. The highest BCUT2D eigenvalue weighted by molar-refractivity contribution is 5.99. The summed E-state index contributed by atoms with van der Waals surface area (Å²) in [5.41, 5.74) is 3.46. The SMILES string of the molecule is CC(c1ccccn1)N1CCN(C(=O)c2cn[nH]c2-c2ccccc2)CC1. The van der Waals surface area contributed by atoms with Gasteiger partial charge in [0.15, 0.2) is 0 Å². The highest BCUT2D eigenvalue weighted by Crippen LogP contribution is 2.24. The van der Waals surface area contributed by atoms with E-state index in [0.29, 0.717) is 18.7 Å². The smallest absolute Gasteiger partial charge is 0.257 e. The number of nitrogens with zero attached hydrogens (tertiary/aromatic N) is 4. The number of piperazine rings is 1. The zero-order chi connectivity index (χ0) is 18.6. The average molecular weight is 361 g/mol. The molecule has 0 saturated carbocycles. The maximum atomic E-state index is 13.0. The molecule has 1 amide bonds. The Morgan fingerprint density at radius 2 is 1.78 bits per heavy atom. The summed E-state index contributed by atoms with van der Waals surface area (Å²) in [6, 6.07) is 16.1. The topological polar surface area (TPSA) is 65.1 Å². The van der Waals surface area contributed by atoms with E-state index in [1.807, 2.05) is 53.6 Å². The van der Waals surface area contributed by atoms with Gasteiger partial charge in [0.2, 0.25) is 0 Å². The van der Waals surface area contributed by atoms with E-state index in [2.05, 4.69) is 33.1 Å². The molecule has 0 bridgehead atoms. The number of benzene rings is 1. The number of hydrogen-bond donors (Lipinski definition) is 1. The molecule has 1 aromatic carbocycles. The Morgan fingerprint density at radius 3 is 2.48 bits per heavy atom. The number of nitrogens with one attached hydrogen (secondary N) is 1. The molecule has 6 heteroatoms.